The molecule has 1 fully saturated rings. The monoisotopic (exact) mass is 198 g/mol. The molecular formula is C12H26N2. The SMILES string of the molecule is CC(C)C(C)NC1CCN(C(C)C)C1. The molecular weight excluding hydrogens is 172 g/mol. The largest absolute Gasteiger partial charge is 0.310 e. The number of hydrogen-bond acceptors (Lipinski definition) is 2. The second-order valence-corrected chi connectivity index (χ2v) is 5.27. The van der Waals surface area contributed by atoms with Gasteiger partial charge < -0.3 is 5.32 Å². The van der Waals surface area contributed by atoms with Gasteiger partial charge >= 0.3 is 0 Å². The molecule has 0 saturated carbocycles. The van der Waals surface area contributed by atoms with Gasteiger partial charge in [0.05, 0.1) is 0 Å². The van der Waals surface area contributed by atoms with Crippen LogP contribution in [0.25, 0.3) is 0 Å². The zero-order valence-corrected chi connectivity index (χ0v) is 10.4. The van der Waals surface area contributed by atoms with Crippen molar-refractivity contribution in [2.45, 2.75) is 59.2 Å². The van der Waals surface area contributed by atoms with Gasteiger partial charge in [0, 0.05) is 24.7 Å². The lowest BCUT2D eigenvalue weighted by atomic mass is 10.1. The van der Waals surface area contributed by atoms with Crippen LogP contribution in [-0.4, -0.2) is 36.1 Å². The maximum atomic E-state index is 3.72. The fourth-order valence-electron chi connectivity index (χ4n) is 1.96. The van der Waals surface area contributed by atoms with E-state index in [9.17, 15) is 0 Å². The number of nitrogens with one attached hydrogen (secondary N) is 1. The molecule has 0 aliphatic carbocycles. The van der Waals surface area contributed by atoms with E-state index in [1.165, 1.54) is 19.5 Å². The van der Waals surface area contributed by atoms with E-state index in [1.54, 1.807) is 0 Å². The third-order valence-corrected chi connectivity index (χ3v) is 3.45. The van der Waals surface area contributed by atoms with Gasteiger partial charge in [0.2, 0.25) is 0 Å². The Morgan fingerprint density at radius 2 is 1.79 bits per heavy atom. The molecule has 1 rings (SSSR count). The molecule has 0 radical (unpaired) electrons. The Labute approximate surface area is 89.1 Å². The fourth-order valence-corrected chi connectivity index (χ4v) is 1.96. The smallest absolute Gasteiger partial charge is 0.0209 e. The van der Waals surface area contributed by atoms with Crippen LogP contribution in [0.1, 0.15) is 41.0 Å². The van der Waals surface area contributed by atoms with Crippen LogP contribution in [0, 0.1) is 5.92 Å². The van der Waals surface area contributed by atoms with Gasteiger partial charge in [0.15, 0.2) is 0 Å². The second kappa shape index (κ2) is 5.13. The highest BCUT2D eigenvalue weighted by Crippen LogP contribution is 2.14. The van der Waals surface area contributed by atoms with Crippen LogP contribution in [0.5, 0.6) is 0 Å². The standard InChI is InChI=1S/C12H26N2/c1-9(2)11(5)13-12-6-7-14(8-12)10(3)4/h9-13H,6-8H2,1-5H3. The van der Waals surface area contributed by atoms with Crippen molar-refractivity contribution >= 4 is 0 Å². The molecule has 1 aliphatic rings. The van der Waals surface area contributed by atoms with Gasteiger partial charge in [0.1, 0.15) is 0 Å². The Hall–Kier alpha value is -0.0800. The highest BCUT2D eigenvalue weighted by molar-refractivity contribution is 4.84. The van der Waals surface area contributed by atoms with Crippen LogP contribution in [0.3, 0.4) is 0 Å². The third kappa shape index (κ3) is 3.25. The lowest BCUT2D eigenvalue weighted by Gasteiger charge is -2.24. The van der Waals surface area contributed by atoms with Gasteiger partial charge in [-0.15, -0.1) is 0 Å². The minimum atomic E-state index is 0.645. The summed E-state index contributed by atoms with van der Waals surface area (Å²) >= 11 is 0. The fraction of sp³-hybridized carbons (Fsp3) is 1.00. The molecule has 1 N–H and O–H groups in total. The molecule has 84 valence electrons. The Kier molecular flexibility index (Phi) is 4.39. The molecule has 0 bridgehead atoms. The molecule has 0 aromatic carbocycles. The zero-order chi connectivity index (χ0) is 10.7. The van der Waals surface area contributed by atoms with Crippen molar-refractivity contribution in [2.75, 3.05) is 13.1 Å². The van der Waals surface area contributed by atoms with Crippen LogP contribution >= 0.6 is 0 Å². The summed E-state index contributed by atoms with van der Waals surface area (Å²) in [7, 11) is 0. The van der Waals surface area contributed by atoms with E-state index < -0.39 is 0 Å². The van der Waals surface area contributed by atoms with Gasteiger partial charge in [-0.1, -0.05) is 13.8 Å². The predicted molar refractivity (Wildman–Crippen MR) is 62.5 cm³/mol. The van der Waals surface area contributed by atoms with Gasteiger partial charge in [-0.3, -0.25) is 4.90 Å². The summed E-state index contributed by atoms with van der Waals surface area (Å²) < 4.78 is 0. The maximum Gasteiger partial charge on any atom is 0.0209 e. The van der Waals surface area contributed by atoms with E-state index in [0.29, 0.717) is 12.1 Å². The van der Waals surface area contributed by atoms with E-state index in [4.69, 9.17) is 0 Å². The van der Waals surface area contributed by atoms with E-state index in [-0.39, 0.29) is 0 Å². The average molecular weight is 198 g/mol. The van der Waals surface area contributed by atoms with Gasteiger partial charge in [-0.2, -0.15) is 0 Å². The minimum Gasteiger partial charge on any atom is -0.310 e. The molecule has 0 amide bonds. The molecule has 1 heterocycles. The van der Waals surface area contributed by atoms with Crippen molar-refractivity contribution in [2.24, 2.45) is 5.92 Å². The van der Waals surface area contributed by atoms with Crippen LogP contribution in [0.4, 0.5) is 0 Å². The highest BCUT2D eigenvalue weighted by atomic mass is 15.2. The molecule has 0 aromatic rings. The lowest BCUT2D eigenvalue weighted by Crippen LogP contribution is -2.41. The van der Waals surface area contributed by atoms with Crippen molar-refractivity contribution < 1.29 is 0 Å². The van der Waals surface area contributed by atoms with Gasteiger partial charge in [-0.25, -0.2) is 0 Å². The molecule has 2 nitrogen and oxygen atoms in total. The highest BCUT2D eigenvalue weighted by Gasteiger charge is 2.25. The molecule has 0 aromatic heterocycles. The van der Waals surface area contributed by atoms with E-state index >= 15 is 0 Å². The predicted octanol–water partition coefficient (Wildman–Crippen LogP) is 2.10. The maximum absolute atomic E-state index is 3.72. The van der Waals surface area contributed by atoms with Crippen LogP contribution in [0.15, 0.2) is 0 Å². The zero-order valence-electron chi connectivity index (χ0n) is 10.4. The quantitative estimate of drug-likeness (QED) is 0.744. The van der Waals surface area contributed by atoms with E-state index in [2.05, 4.69) is 44.8 Å². The van der Waals surface area contributed by atoms with Crippen molar-refractivity contribution in [1.82, 2.24) is 10.2 Å². The van der Waals surface area contributed by atoms with Gasteiger partial charge in [0.25, 0.3) is 0 Å². The first-order valence-electron chi connectivity index (χ1n) is 6.00. The summed E-state index contributed by atoms with van der Waals surface area (Å²) in [6.45, 7) is 13.9. The lowest BCUT2D eigenvalue weighted by molar-refractivity contribution is 0.262. The van der Waals surface area contributed by atoms with Crippen molar-refractivity contribution in [1.29, 1.82) is 0 Å². The number of nitrogens with zero attached hydrogens (tertiary/aromatic N) is 1. The minimum absolute atomic E-state index is 0.645. The molecule has 14 heavy (non-hydrogen) atoms. The summed E-state index contributed by atoms with van der Waals surface area (Å²) in [6, 6.07) is 2.07. The van der Waals surface area contributed by atoms with Crippen LogP contribution < -0.4 is 5.32 Å². The van der Waals surface area contributed by atoms with Crippen molar-refractivity contribution in [3.63, 3.8) is 0 Å². The Bertz CT molecular complexity index is 166. The summed E-state index contributed by atoms with van der Waals surface area (Å²) in [5.74, 6) is 0.739. The number of likely N-dealkylation sites (tertiary alicyclic amines) is 1. The number of rotatable bonds is 4. The Morgan fingerprint density at radius 3 is 2.21 bits per heavy atom. The number of hydrogen-bond donors (Lipinski definition) is 1. The normalized spacial score (nSPS) is 26.4. The summed E-state index contributed by atoms with van der Waals surface area (Å²) in [5.41, 5.74) is 0. The molecule has 0 spiro atoms. The summed E-state index contributed by atoms with van der Waals surface area (Å²) in [4.78, 5) is 2.56. The van der Waals surface area contributed by atoms with E-state index in [1.807, 2.05) is 0 Å². The molecule has 1 aliphatic heterocycles. The third-order valence-electron chi connectivity index (χ3n) is 3.45. The molecule has 2 atom stereocenters. The summed E-state index contributed by atoms with van der Waals surface area (Å²) in [5, 5.41) is 3.72. The first-order chi connectivity index (χ1) is 6.50. The van der Waals surface area contributed by atoms with Crippen LogP contribution in [-0.2, 0) is 0 Å². The van der Waals surface area contributed by atoms with E-state index in [0.717, 1.165) is 12.0 Å². The van der Waals surface area contributed by atoms with Crippen molar-refractivity contribution in [3.05, 3.63) is 0 Å². The molecule has 2 heteroatoms. The van der Waals surface area contributed by atoms with Crippen molar-refractivity contribution in [3.8, 4) is 0 Å². The molecule has 2 unspecified atom stereocenters. The topological polar surface area (TPSA) is 15.3 Å². The van der Waals surface area contributed by atoms with Gasteiger partial charge in [-0.05, 0) is 39.7 Å². The Balaban J connectivity index is 2.29. The molecule has 1 saturated heterocycles. The average Bonchev–Trinajstić information content (AvgIpc) is 2.52. The summed E-state index contributed by atoms with van der Waals surface area (Å²) in [6.07, 6.45) is 1.31. The first-order valence-corrected chi connectivity index (χ1v) is 6.00. The Morgan fingerprint density at radius 1 is 1.14 bits per heavy atom. The second-order valence-electron chi connectivity index (χ2n) is 5.27. The van der Waals surface area contributed by atoms with Crippen LogP contribution in [0.2, 0.25) is 0 Å². The first kappa shape index (κ1) is 12.0.